The summed E-state index contributed by atoms with van der Waals surface area (Å²) >= 11 is 0. The lowest BCUT2D eigenvalue weighted by Gasteiger charge is -2.42. The zero-order valence-electron chi connectivity index (χ0n) is 17.4. The fraction of sp³-hybridized carbons (Fsp3) is 0.542. The number of allylic oxidation sites excluding steroid dienone is 1. The number of aromatic nitrogens is 1. The molecule has 0 saturated carbocycles. The first-order valence-corrected chi connectivity index (χ1v) is 9.87. The smallest absolute Gasteiger partial charge is 0.159 e. The Morgan fingerprint density at radius 1 is 1.12 bits per heavy atom. The summed E-state index contributed by atoms with van der Waals surface area (Å²) in [5.41, 5.74) is 7.60. The first kappa shape index (κ1) is 18.9. The van der Waals surface area contributed by atoms with E-state index in [1.54, 1.807) is 11.8 Å². The number of rotatable bonds is 4. The highest BCUT2D eigenvalue weighted by Crippen LogP contribution is 2.47. The van der Waals surface area contributed by atoms with E-state index in [0.717, 1.165) is 12.2 Å². The van der Waals surface area contributed by atoms with Gasteiger partial charge < -0.3 is 4.52 Å². The van der Waals surface area contributed by atoms with Crippen molar-refractivity contribution in [1.82, 2.24) is 5.16 Å². The van der Waals surface area contributed by atoms with Crippen molar-refractivity contribution in [3.8, 4) is 0 Å². The Bertz CT molecular complexity index is 807. The van der Waals surface area contributed by atoms with Crippen LogP contribution in [0.3, 0.4) is 0 Å². The van der Waals surface area contributed by atoms with Crippen molar-refractivity contribution in [3.63, 3.8) is 0 Å². The first-order chi connectivity index (χ1) is 12.1. The number of nitrogens with zero attached hydrogens (tertiary/aromatic N) is 1. The van der Waals surface area contributed by atoms with E-state index in [9.17, 15) is 0 Å². The van der Waals surface area contributed by atoms with Gasteiger partial charge in [0, 0.05) is 6.07 Å². The first-order valence-electron chi connectivity index (χ1n) is 9.87. The second-order valence-electron chi connectivity index (χ2n) is 9.66. The van der Waals surface area contributed by atoms with Crippen LogP contribution in [0, 0.1) is 5.92 Å². The Labute approximate surface area is 158 Å². The summed E-state index contributed by atoms with van der Waals surface area (Å²) in [6, 6.07) is 6.89. The molecular formula is C24H33NO. The van der Waals surface area contributed by atoms with Crippen LogP contribution in [0.25, 0.3) is 11.6 Å². The molecule has 1 heterocycles. The minimum atomic E-state index is 0.225. The topological polar surface area (TPSA) is 26.0 Å². The van der Waals surface area contributed by atoms with E-state index in [2.05, 4.69) is 71.8 Å². The van der Waals surface area contributed by atoms with E-state index in [1.165, 1.54) is 35.1 Å². The molecule has 0 radical (unpaired) electrons. The monoisotopic (exact) mass is 351 g/mol. The van der Waals surface area contributed by atoms with Crippen molar-refractivity contribution >= 4 is 11.6 Å². The standard InChI is InChI=1S/C24H33NO/c1-16(2)12-18-14-21-22(24(6,7)10-9-23(21,4)5)15-20(18)17(3)13-19-8-11-25-26-19/h8,11,13-16H,9-10,12H2,1-7H3/b17-13+. The van der Waals surface area contributed by atoms with Gasteiger partial charge in [-0.3, -0.25) is 0 Å². The summed E-state index contributed by atoms with van der Waals surface area (Å²) < 4.78 is 5.31. The highest BCUT2D eigenvalue weighted by atomic mass is 16.5. The molecule has 0 saturated heterocycles. The van der Waals surface area contributed by atoms with Gasteiger partial charge in [-0.1, -0.05) is 58.8 Å². The Morgan fingerprint density at radius 2 is 1.73 bits per heavy atom. The zero-order valence-corrected chi connectivity index (χ0v) is 17.4. The third kappa shape index (κ3) is 3.65. The quantitative estimate of drug-likeness (QED) is 0.606. The molecule has 2 aromatic rings. The van der Waals surface area contributed by atoms with Gasteiger partial charge in [0.05, 0.1) is 6.20 Å². The molecule has 1 aliphatic carbocycles. The van der Waals surface area contributed by atoms with Crippen molar-refractivity contribution in [1.29, 1.82) is 0 Å². The van der Waals surface area contributed by atoms with Crippen LogP contribution in [0.1, 0.15) is 89.3 Å². The van der Waals surface area contributed by atoms with Gasteiger partial charge in [0.2, 0.25) is 0 Å². The molecular weight excluding hydrogens is 318 g/mol. The summed E-state index contributed by atoms with van der Waals surface area (Å²) in [6.07, 6.45) is 7.40. The molecule has 0 bridgehead atoms. The molecule has 0 spiro atoms. The molecule has 0 aliphatic heterocycles. The maximum Gasteiger partial charge on any atom is 0.159 e. The van der Waals surface area contributed by atoms with Gasteiger partial charge in [0.1, 0.15) is 0 Å². The number of hydrogen-bond donors (Lipinski definition) is 0. The fourth-order valence-corrected chi connectivity index (χ4v) is 4.23. The predicted molar refractivity (Wildman–Crippen MR) is 110 cm³/mol. The number of hydrogen-bond acceptors (Lipinski definition) is 2. The minimum Gasteiger partial charge on any atom is -0.357 e. The Hall–Kier alpha value is -1.83. The van der Waals surface area contributed by atoms with E-state index in [4.69, 9.17) is 4.52 Å². The van der Waals surface area contributed by atoms with Crippen molar-refractivity contribution in [3.05, 3.63) is 52.4 Å². The molecule has 0 unspecified atom stereocenters. The molecule has 26 heavy (non-hydrogen) atoms. The zero-order chi connectivity index (χ0) is 19.1. The highest BCUT2D eigenvalue weighted by molar-refractivity contribution is 5.81. The average Bonchev–Trinajstić information content (AvgIpc) is 3.04. The van der Waals surface area contributed by atoms with Crippen molar-refractivity contribution < 1.29 is 4.52 Å². The van der Waals surface area contributed by atoms with Crippen LogP contribution >= 0.6 is 0 Å². The maximum atomic E-state index is 5.31. The molecule has 140 valence electrons. The molecule has 0 fully saturated rings. The van der Waals surface area contributed by atoms with Crippen molar-refractivity contribution in [2.45, 2.75) is 78.6 Å². The molecule has 0 atom stereocenters. The lowest BCUT2D eigenvalue weighted by atomic mass is 9.62. The molecule has 0 N–H and O–H groups in total. The number of benzene rings is 1. The fourth-order valence-electron chi connectivity index (χ4n) is 4.23. The van der Waals surface area contributed by atoms with Crippen LogP contribution in [0.15, 0.2) is 28.9 Å². The third-order valence-electron chi connectivity index (χ3n) is 5.95. The summed E-state index contributed by atoms with van der Waals surface area (Å²) in [4.78, 5) is 0. The second kappa shape index (κ2) is 6.72. The molecule has 1 aromatic heterocycles. The summed E-state index contributed by atoms with van der Waals surface area (Å²) in [6.45, 7) is 16.4. The van der Waals surface area contributed by atoms with Crippen molar-refractivity contribution in [2.24, 2.45) is 5.92 Å². The van der Waals surface area contributed by atoms with E-state index < -0.39 is 0 Å². The van der Waals surface area contributed by atoms with Crippen LogP contribution in [0.5, 0.6) is 0 Å². The average molecular weight is 352 g/mol. The van der Waals surface area contributed by atoms with Gasteiger partial charge >= 0.3 is 0 Å². The molecule has 2 nitrogen and oxygen atoms in total. The summed E-state index contributed by atoms with van der Waals surface area (Å²) in [5, 5.41) is 3.83. The van der Waals surface area contributed by atoms with Gasteiger partial charge in [-0.05, 0) is 76.8 Å². The lowest BCUT2D eigenvalue weighted by Crippen LogP contribution is -2.34. The van der Waals surface area contributed by atoms with E-state index in [-0.39, 0.29) is 10.8 Å². The third-order valence-corrected chi connectivity index (χ3v) is 5.95. The van der Waals surface area contributed by atoms with Crippen LogP contribution in [-0.2, 0) is 17.3 Å². The molecule has 0 amide bonds. The van der Waals surface area contributed by atoms with Crippen LogP contribution in [-0.4, -0.2) is 5.16 Å². The highest BCUT2D eigenvalue weighted by Gasteiger charge is 2.37. The second-order valence-corrected chi connectivity index (χ2v) is 9.66. The van der Waals surface area contributed by atoms with Gasteiger partial charge in [0.15, 0.2) is 5.76 Å². The van der Waals surface area contributed by atoms with Crippen molar-refractivity contribution in [2.75, 3.05) is 0 Å². The normalized spacial score (nSPS) is 18.8. The largest absolute Gasteiger partial charge is 0.357 e. The Morgan fingerprint density at radius 3 is 2.27 bits per heavy atom. The Kier molecular flexibility index (Phi) is 4.90. The lowest BCUT2D eigenvalue weighted by molar-refractivity contribution is 0.331. The SMILES string of the molecule is C/C(=C\c1ccno1)c1cc2c(cc1CC(C)C)C(C)(C)CCC2(C)C. The van der Waals surface area contributed by atoms with Gasteiger partial charge in [-0.15, -0.1) is 0 Å². The molecule has 1 aromatic carbocycles. The maximum absolute atomic E-state index is 5.31. The Balaban J connectivity index is 2.20. The summed E-state index contributed by atoms with van der Waals surface area (Å²) in [7, 11) is 0. The molecule has 2 heteroatoms. The van der Waals surface area contributed by atoms with E-state index in [0.29, 0.717) is 5.92 Å². The van der Waals surface area contributed by atoms with Gasteiger partial charge in [-0.2, -0.15) is 0 Å². The van der Waals surface area contributed by atoms with E-state index in [1.807, 2.05) is 6.07 Å². The summed E-state index contributed by atoms with van der Waals surface area (Å²) in [5.74, 6) is 1.44. The molecule has 1 aliphatic rings. The number of fused-ring (bicyclic) bond motifs is 1. The van der Waals surface area contributed by atoms with Crippen LogP contribution in [0.4, 0.5) is 0 Å². The van der Waals surface area contributed by atoms with Gasteiger partial charge in [-0.25, -0.2) is 0 Å². The molecule has 3 rings (SSSR count). The van der Waals surface area contributed by atoms with Crippen LogP contribution in [0.2, 0.25) is 0 Å². The predicted octanol–water partition coefficient (Wildman–Crippen LogP) is 6.78. The minimum absolute atomic E-state index is 0.225. The van der Waals surface area contributed by atoms with E-state index >= 15 is 0 Å². The van der Waals surface area contributed by atoms with Gasteiger partial charge in [0.25, 0.3) is 0 Å². The van der Waals surface area contributed by atoms with Crippen LogP contribution < -0.4 is 0 Å².